The molecule has 0 saturated heterocycles. The van der Waals surface area contributed by atoms with E-state index >= 15 is 0 Å². The molecule has 7 heteroatoms. The van der Waals surface area contributed by atoms with E-state index < -0.39 is 12.3 Å². The van der Waals surface area contributed by atoms with Crippen LogP contribution in [0.2, 0.25) is 0 Å². The fourth-order valence-corrected chi connectivity index (χ4v) is 13.0. The summed E-state index contributed by atoms with van der Waals surface area (Å²) in [5.41, 5.74) is 15.4. The van der Waals surface area contributed by atoms with Crippen molar-refractivity contribution < 1.29 is 32.9 Å². The molecule has 0 amide bonds. The number of fused-ring (bicyclic) bond motifs is 13. The number of aryl methyl sites for hydroxylation is 1. The molecule has 0 unspecified atom stereocenters. The molecular weight excluding hydrogens is 1120 g/mol. The smallest absolute Gasteiger partial charge is 0.457 e. The second-order valence-electron chi connectivity index (χ2n) is 22.4. The number of pyridine rings is 1. The Morgan fingerprint density at radius 1 is 0.532 bits per heavy atom. The van der Waals surface area contributed by atoms with Crippen LogP contribution in [0.4, 0.5) is 0 Å². The monoisotopic (exact) mass is 1180 g/mol. The molecule has 6 nitrogen and oxygen atoms in total. The van der Waals surface area contributed by atoms with E-state index in [-0.39, 0.29) is 16.4 Å². The van der Waals surface area contributed by atoms with Crippen LogP contribution in [0.5, 0.6) is 23.0 Å². The van der Waals surface area contributed by atoms with Gasteiger partial charge in [0.25, 0.3) is 0 Å². The Balaban J connectivity index is 0.964. The summed E-state index contributed by atoms with van der Waals surface area (Å²) in [5, 5.41) is 1.87. The topological polar surface area (TPSA) is 46.1 Å². The first-order valence-corrected chi connectivity index (χ1v) is 27.2. The van der Waals surface area contributed by atoms with Crippen LogP contribution < -0.4 is 9.47 Å². The molecule has 0 radical (unpaired) electrons. The van der Waals surface area contributed by atoms with Gasteiger partial charge in [-0.05, 0) is 52.4 Å². The van der Waals surface area contributed by atoms with Gasteiger partial charge in [-0.3, -0.25) is 0 Å². The van der Waals surface area contributed by atoms with Gasteiger partial charge in [0.05, 0.1) is 5.41 Å². The summed E-state index contributed by atoms with van der Waals surface area (Å²) in [6, 6.07) is 74.1. The van der Waals surface area contributed by atoms with Crippen LogP contribution in [-0.4, -0.2) is 18.7 Å². The number of hydrogen-bond acceptors (Lipinski definition) is 3. The second kappa shape index (κ2) is 17.4. The van der Waals surface area contributed by atoms with Gasteiger partial charge in [0.15, 0.2) is 0 Å². The summed E-state index contributed by atoms with van der Waals surface area (Å²) in [5.74, 6) is 3.01. The van der Waals surface area contributed by atoms with E-state index in [1.165, 1.54) is 16.7 Å². The van der Waals surface area contributed by atoms with Gasteiger partial charge < -0.3 is 4.74 Å². The molecule has 77 heavy (non-hydrogen) atoms. The third kappa shape index (κ3) is 7.32. The average molecular weight is 1180 g/mol. The summed E-state index contributed by atoms with van der Waals surface area (Å²) in [4.78, 5) is 5.15. The molecule has 12 aromatic rings. The summed E-state index contributed by atoms with van der Waals surface area (Å²) >= 11 is 2.45. The maximum atomic E-state index is 8.91. The van der Waals surface area contributed by atoms with Crippen LogP contribution in [-0.2, 0) is 35.6 Å². The predicted molar refractivity (Wildman–Crippen MR) is 307 cm³/mol. The Kier molecular flexibility index (Phi) is 9.89. The van der Waals surface area contributed by atoms with Gasteiger partial charge in [-0.1, -0.05) is 91.0 Å². The molecule has 0 N–H and O–H groups in total. The normalized spacial score (nSPS) is 14.2. The molecule has 2 aliphatic rings. The van der Waals surface area contributed by atoms with Crippen LogP contribution in [0.3, 0.4) is 0 Å². The van der Waals surface area contributed by atoms with Crippen molar-refractivity contribution in [1.29, 1.82) is 0 Å². The van der Waals surface area contributed by atoms with Crippen LogP contribution >= 0.6 is 0 Å². The van der Waals surface area contributed by atoms with Crippen molar-refractivity contribution in [2.75, 3.05) is 0 Å². The minimum Gasteiger partial charge on any atom is -0.457 e. The first kappa shape index (κ1) is 43.9. The Bertz CT molecular complexity index is 4510. The Morgan fingerprint density at radius 3 is 1.87 bits per heavy atom. The second-order valence-corrected chi connectivity index (χ2v) is 23.4. The van der Waals surface area contributed by atoms with Crippen molar-refractivity contribution in [2.45, 2.75) is 64.6 Å². The number of rotatable bonds is 6. The van der Waals surface area contributed by atoms with Crippen molar-refractivity contribution in [3.8, 4) is 62.4 Å². The molecule has 1 spiro atoms. The minimum absolute atomic E-state index is 0.0572. The van der Waals surface area contributed by atoms with Crippen molar-refractivity contribution >= 4 is 32.8 Å². The first-order chi connectivity index (χ1) is 38.5. The molecule has 14 rings (SSSR count). The molecule has 9 aromatic carbocycles. The fourth-order valence-electron chi connectivity index (χ4n) is 11.9. The third-order valence-electron chi connectivity index (χ3n) is 15.6. The number of benzene rings is 9. The Labute approximate surface area is 464 Å². The standard InChI is InChI=1S/C70H54N4O2.Pt/c1-44-34-67(71-42-56(44)45-20-9-8-10-21-45)74-63-39-51(75-50-23-19-22-48(38-50)72-43-73(62-29-16-15-28-61(62)72)49-36-46(68(2,3)4)35-47(37-49)69(5,6)7)32-33-53(63)55-40-54-52-24-11-12-25-57(52)70(60(54)41-64(55)74)58-26-13-17-30-65(58)76-66-31-18-14-27-59(66)70;/h8-37,40-42H,1-7H3;/q-2;/i1D3;. The SMILES string of the molecule is [2H]C([2H])([2H])c1cc(-n2c3[c-]c(Oc4[c-]c(-n5[c](=[Pt])n(-c6cc(C(C)(C)C)cc(C(C)(C)C)c6)c6ccccc65)ccc4)ccc3c3cc4c(cc32)C2(c3ccccc3Oc3ccccc32)c2ccccc2-4)ncc1-c1ccccc1. The van der Waals surface area contributed by atoms with E-state index in [4.69, 9.17) is 18.6 Å². The number of imidazole rings is 1. The zero-order valence-electron chi connectivity index (χ0n) is 46.5. The van der Waals surface area contributed by atoms with E-state index in [1.807, 2.05) is 60.7 Å². The Morgan fingerprint density at radius 2 is 1.17 bits per heavy atom. The molecule has 1 aliphatic carbocycles. The minimum atomic E-state index is -2.46. The van der Waals surface area contributed by atoms with Crippen molar-refractivity contribution in [3.05, 3.63) is 255 Å². The maximum absolute atomic E-state index is 8.91. The van der Waals surface area contributed by atoms with E-state index in [2.05, 4.69) is 214 Å². The van der Waals surface area contributed by atoms with E-state index in [1.54, 1.807) is 12.3 Å². The number of nitrogens with zero attached hydrogens (tertiary/aromatic N) is 4. The van der Waals surface area contributed by atoms with Crippen LogP contribution in [0.25, 0.3) is 72.3 Å². The molecule has 1 aliphatic heterocycles. The quantitative estimate of drug-likeness (QED) is 0.156. The van der Waals surface area contributed by atoms with E-state index in [9.17, 15) is 0 Å². The van der Waals surface area contributed by atoms with Crippen LogP contribution in [0.1, 0.15) is 84.6 Å². The third-order valence-corrected chi connectivity index (χ3v) is 16.7. The summed E-state index contributed by atoms with van der Waals surface area (Å²) in [6.07, 6.45) is 1.70. The van der Waals surface area contributed by atoms with E-state index in [0.29, 0.717) is 28.4 Å². The van der Waals surface area contributed by atoms with Gasteiger partial charge in [-0.15, -0.1) is 0 Å². The average Bonchev–Trinajstić information content (AvgIpc) is 4.20. The summed E-state index contributed by atoms with van der Waals surface area (Å²) in [7, 11) is 0. The summed E-state index contributed by atoms with van der Waals surface area (Å²) in [6.45, 7) is 11.2. The van der Waals surface area contributed by atoms with Crippen molar-refractivity contribution in [3.63, 3.8) is 0 Å². The molecule has 0 bridgehead atoms. The van der Waals surface area contributed by atoms with Gasteiger partial charge in [0.2, 0.25) is 0 Å². The molecule has 378 valence electrons. The van der Waals surface area contributed by atoms with Gasteiger partial charge >= 0.3 is 275 Å². The van der Waals surface area contributed by atoms with Gasteiger partial charge in [0.1, 0.15) is 11.5 Å². The molecular formula is C70H54N4O2Pt-2. The first-order valence-electron chi connectivity index (χ1n) is 27.6. The van der Waals surface area contributed by atoms with Gasteiger partial charge in [-0.25, -0.2) is 0 Å². The van der Waals surface area contributed by atoms with Crippen LogP contribution in [0, 0.1) is 22.8 Å². The fraction of sp³-hybridized carbons (Fsp3) is 0.143. The number of ether oxygens (including phenoxy) is 2. The van der Waals surface area contributed by atoms with Gasteiger partial charge in [0, 0.05) is 27.0 Å². The molecule has 0 fully saturated rings. The Hall–Kier alpha value is -8.31. The van der Waals surface area contributed by atoms with Crippen molar-refractivity contribution in [2.24, 2.45) is 0 Å². The molecule has 3 aromatic heterocycles. The number of para-hydroxylation sites is 4. The number of aromatic nitrogens is 4. The number of hydrogen-bond donors (Lipinski definition) is 0. The molecule has 0 saturated carbocycles. The van der Waals surface area contributed by atoms with Crippen LogP contribution in [0.15, 0.2) is 200 Å². The zero-order chi connectivity index (χ0) is 55.0. The summed E-state index contributed by atoms with van der Waals surface area (Å²) < 4.78 is 47.9. The van der Waals surface area contributed by atoms with E-state index in [0.717, 1.165) is 87.4 Å². The molecule has 0 atom stereocenters. The van der Waals surface area contributed by atoms with Crippen molar-refractivity contribution in [1.82, 2.24) is 18.7 Å². The van der Waals surface area contributed by atoms with Gasteiger partial charge in [-0.2, -0.15) is 0 Å². The predicted octanol–water partition coefficient (Wildman–Crippen LogP) is 17.4. The molecule has 4 heterocycles. The zero-order valence-corrected chi connectivity index (χ0v) is 45.7.